The van der Waals surface area contributed by atoms with Gasteiger partial charge >= 0.3 is 0 Å². The van der Waals surface area contributed by atoms with Crippen LogP contribution >= 0.6 is 15.9 Å². The topological polar surface area (TPSA) is 49.4 Å². The Bertz CT molecular complexity index is 506. The molecule has 0 spiro atoms. The highest BCUT2D eigenvalue weighted by molar-refractivity contribution is 9.10. The molecule has 2 amide bonds. The van der Waals surface area contributed by atoms with E-state index in [1.54, 1.807) is 0 Å². The average molecular weight is 345 g/mol. The Hall–Kier alpha value is -1.43. The largest absolute Gasteiger partial charge is 0.354 e. The molecule has 110 valence electrons. The van der Waals surface area contributed by atoms with Crippen LogP contribution in [0.5, 0.6) is 0 Å². The van der Waals surface area contributed by atoms with E-state index in [9.17, 15) is 14.0 Å². The van der Waals surface area contributed by atoms with Gasteiger partial charge in [0.05, 0.1) is 12.1 Å². The standard InChI is InChI=1S/C14H18BrFN2O2/c1-9(2)7-17-13(19)8-18(3)14(20)11-6-10(15)4-5-12(11)16/h4-6,9H,7-8H2,1-3H3,(H,17,19). The van der Waals surface area contributed by atoms with Crippen molar-refractivity contribution >= 4 is 27.7 Å². The number of nitrogens with one attached hydrogen (secondary N) is 1. The number of rotatable bonds is 5. The van der Waals surface area contributed by atoms with Gasteiger partial charge in [0.2, 0.25) is 5.91 Å². The van der Waals surface area contributed by atoms with Crippen LogP contribution in [0, 0.1) is 11.7 Å². The van der Waals surface area contributed by atoms with Gasteiger partial charge in [0.15, 0.2) is 0 Å². The zero-order valence-electron chi connectivity index (χ0n) is 11.7. The summed E-state index contributed by atoms with van der Waals surface area (Å²) >= 11 is 3.19. The first-order valence-electron chi connectivity index (χ1n) is 6.28. The lowest BCUT2D eigenvalue weighted by molar-refractivity contribution is -0.121. The van der Waals surface area contributed by atoms with Gasteiger partial charge < -0.3 is 10.2 Å². The zero-order valence-corrected chi connectivity index (χ0v) is 13.3. The summed E-state index contributed by atoms with van der Waals surface area (Å²) in [6.45, 7) is 4.40. The van der Waals surface area contributed by atoms with Crippen molar-refractivity contribution in [1.29, 1.82) is 0 Å². The van der Waals surface area contributed by atoms with Crippen molar-refractivity contribution in [2.45, 2.75) is 13.8 Å². The van der Waals surface area contributed by atoms with Crippen LogP contribution < -0.4 is 5.32 Å². The van der Waals surface area contributed by atoms with E-state index in [1.807, 2.05) is 13.8 Å². The van der Waals surface area contributed by atoms with Crippen LogP contribution in [-0.4, -0.2) is 36.9 Å². The maximum Gasteiger partial charge on any atom is 0.257 e. The maximum atomic E-state index is 13.6. The number of hydrogen-bond donors (Lipinski definition) is 1. The third-order valence-electron chi connectivity index (χ3n) is 2.59. The minimum Gasteiger partial charge on any atom is -0.354 e. The number of hydrogen-bond acceptors (Lipinski definition) is 2. The van der Waals surface area contributed by atoms with Gasteiger partial charge in [0.1, 0.15) is 5.82 Å². The van der Waals surface area contributed by atoms with E-state index in [-0.39, 0.29) is 18.0 Å². The van der Waals surface area contributed by atoms with E-state index < -0.39 is 11.7 Å². The first-order valence-corrected chi connectivity index (χ1v) is 7.07. The highest BCUT2D eigenvalue weighted by Gasteiger charge is 2.18. The van der Waals surface area contributed by atoms with E-state index in [1.165, 1.54) is 30.1 Å². The summed E-state index contributed by atoms with van der Waals surface area (Å²) in [6.07, 6.45) is 0. The first kappa shape index (κ1) is 16.6. The second-order valence-electron chi connectivity index (χ2n) is 4.98. The van der Waals surface area contributed by atoms with Crippen molar-refractivity contribution in [2.75, 3.05) is 20.1 Å². The fraction of sp³-hybridized carbons (Fsp3) is 0.429. The Balaban J connectivity index is 2.67. The maximum absolute atomic E-state index is 13.6. The molecule has 0 heterocycles. The van der Waals surface area contributed by atoms with Gasteiger partial charge in [-0.05, 0) is 24.1 Å². The van der Waals surface area contributed by atoms with Crippen LogP contribution in [0.4, 0.5) is 4.39 Å². The third-order valence-corrected chi connectivity index (χ3v) is 3.09. The molecule has 0 unspecified atom stereocenters. The number of halogens is 2. The van der Waals surface area contributed by atoms with Crippen LogP contribution in [0.15, 0.2) is 22.7 Å². The van der Waals surface area contributed by atoms with Crippen LogP contribution in [0.25, 0.3) is 0 Å². The summed E-state index contributed by atoms with van der Waals surface area (Å²) in [7, 11) is 1.47. The van der Waals surface area contributed by atoms with E-state index >= 15 is 0 Å². The lowest BCUT2D eigenvalue weighted by Crippen LogP contribution is -2.39. The molecule has 0 aliphatic heterocycles. The summed E-state index contributed by atoms with van der Waals surface area (Å²) in [5.74, 6) is -1.05. The predicted octanol–water partition coefficient (Wildman–Crippen LogP) is 2.43. The van der Waals surface area contributed by atoms with Crippen LogP contribution in [-0.2, 0) is 4.79 Å². The number of benzene rings is 1. The third kappa shape index (κ3) is 4.92. The van der Waals surface area contributed by atoms with Crippen molar-refractivity contribution in [3.63, 3.8) is 0 Å². The lowest BCUT2D eigenvalue weighted by atomic mass is 10.2. The number of nitrogens with zero attached hydrogens (tertiary/aromatic N) is 1. The Kier molecular flexibility index (Phi) is 6.13. The Morgan fingerprint density at radius 3 is 2.65 bits per heavy atom. The summed E-state index contributed by atoms with van der Waals surface area (Å²) in [5.41, 5.74) is -0.0569. The average Bonchev–Trinajstić information content (AvgIpc) is 2.38. The fourth-order valence-corrected chi connectivity index (χ4v) is 1.89. The molecule has 1 rings (SSSR count). The smallest absolute Gasteiger partial charge is 0.257 e. The van der Waals surface area contributed by atoms with Gasteiger partial charge in [-0.1, -0.05) is 29.8 Å². The predicted molar refractivity (Wildman–Crippen MR) is 78.9 cm³/mol. The zero-order chi connectivity index (χ0) is 15.3. The summed E-state index contributed by atoms with van der Waals surface area (Å²) in [6, 6.07) is 4.13. The minimum absolute atomic E-state index is 0.0569. The van der Waals surface area contributed by atoms with Crippen molar-refractivity contribution in [2.24, 2.45) is 5.92 Å². The van der Waals surface area contributed by atoms with Crippen LogP contribution in [0.2, 0.25) is 0 Å². The molecule has 20 heavy (non-hydrogen) atoms. The molecule has 4 nitrogen and oxygen atoms in total. The van der Waals surface area contributed by atoms with Gasteiger partial charge in [-0.15, -0.1) is 0 Å². The van der Waals surface area contributed by atoms with E-state index in [0.717, 1.165) is 0 Å². The Labute approximate surface area is 126 Å². The molecule has 0 aromatic heterocycles. The van der Waals surface area contributed by atoms with Gasteiger partial charge in [0.25, 0.3) is 5.91 Å². The van der Waals surface area contributed by atoms with Gasteiger partial charge in [-0.2, -0.15) is 0 Å². The highest BCUT2D eigenvalue weighted by Crippen LogP contribution is 2.16. The summed E-state index contributed by atoms with van der Waals surface area (Å²) in [5, 5.41) is 2.71. The number of likely N-dealkylation sites (N-methyl/N-ethyl adjacent to an activating group) is 1. The quantitative estimate of drug-likeness (QED) is 0.891. The molecule has 1 N–H and O–H groups in total. The van der Waals surface area contributed by atoms with Crippen LogP contribution in [0.1, 0.15) is 24.2 Å². The molecule has 6 heteroatoms. The molecular formula is C14H18BrFN2O2. The molecule has 0 saturated heterocycles. The van der Waals surface area contributed by atoms with E-state index in [0.29, 0.717) is 16.9 Å². The molecule has 0 radical (unpaired) electrons. The van der Waals surface area contributed by atoms with E-state index in [2.05, 4.69) is 21.2 Å². The SMILES string of the molecule is CC(C)CNC(=O)CN(C)C(=O)c1cc(Br)ccc1F. The monoisotopic (exact) mass is 344 g/mol. The first-order chi connectivity index (χ1) is 9.31. The second-order valence-corrected chi connectivity index (χ2v) is 5.90. The van der Waals surface area contributed by atoms with Crippen molar-refractivity contribution in [3.8, 4) is 0 Å². The molecule has 0 aliphatic carbocycles. The molecule has 0 aliphatic rings. The summed E-state index contributed by atoms with van der Waals surface area (Å²) in [4.78, 5) is 24.9. The summed E-state index contributed by atoms with van der Waals surface area (Å²) < 4.78 is 14.2. The normalized spacial score (nSPS) is 10.5. The molecular weight excluding hydrogens is 327 g/mol. The van der Waals surface area contributed by atoms with Crippen molar-refractivity contribution in [1.82, 2.24) is 10.2 Å². The molecule has 0 bridgehead atoms. The number of carbonyl (C=O) groups excluding carboxylic acids is 2. The van der Waals surface area contributed by atoms with Gasteiger partial charge in [-0.25, -0.2) is 4.39 Å². The number of amides is 2. The number of carbonyl (C=O) groups is 2. The van der Waals surface area contributed by atoms with Gasteiger partial charge in [-0.3, -0.25) is 9.59 Å². The molecule has 0 fully saturated rings. The van der Waals surface area contributed by atoms with Gasteiger partial charge in [0, 0.05) is 18.1 Å². The Morgan fingerprint density at radius 1 is 1.40 bits per heavy atom. The van der Waals surface area contributed by atoms with Crippen molar-refractivity contribution in [3.05, 3.63) is 34.1 Å². The highest BCUT2D eigenvalue weighted by atomic mass is 79.9. The Morgan fingerprint density at radius 2 is 2.05 bits per heavy atom. The lowest BCUT2D eigenvalue weighted by Gasteiger charge is -2.18. The van der Waals surface area contributed by atoms with Crippen LogP contribution in [0.3, 0.4) is 0 Å². The van der Waals surface area contributed by atoms with Crippen molar-refractivity contribution < 1.29 is 14.0 Å². The molecule has 1 aromatic carbocycles. The fourth-order valence-electron chi connectivity index (χ4n) is 1.53. The molecule has 0 saturated carbocycles. The second kappa shape index (κ2) is 7.38. The molecule has 1 aromatic rings. The minimum atomic E-state index is -0.604. The molecule has 0 atom stereocenters. The van der Waals surface area contributed by atoms with E-state index in [4.69, 9.17) is 0 Å².